The molecule has 3 nitrogen and oxygen atoms in total. The lowest BCUT2D eigenvalue weighted by atomic mass is 10.2. The molecule has 1 aromatic heterocycles. The van der Waals surface area contributed by atoms with Gasteiger partial charge in [0.15, 0.2) is 0 Å². The van der Waals surface area contributed by atoms with Crippen LogP contribution in [0.5, 0.6) is 0 Å². The summed E-state index contributed by atoms with van der Waals surface area (Å²) in [7, 11) is 0. The Morgan fingerprint density at radius 1 is 1.69 bits per heavy atom. The number of rotatable bonds is 1. The number of hydrogen-bond acceptors (Lipinski definition) is 2. The molecular weight excluding hydrogens is 171 g/mol. The standard InChI is InChI=1S/C9H7FN2O/c10-8-6-7(4-5-12-8)2-1-3-9(11)13/h4-6H,3H2,(H2,11,13). The Bertz CT molecular complexity index is 379. The Hall–Kier alpha value is -1.89. The molecule has 0 atom stereocenters. The first-order chi connectivity index (χ1) is 6.18. The molecule has 13 heavy (non-hydrogen) atoms. The maximum Gasteiger partial charge on any atom is 0.229 e. The number of aromatic nitrogens is 1. The average Bonchev–Trinajstić information content (AvgIpc) is 2.03. The molecule has 1 amide bonds. The van der Waals surface area contributed by atoms with E-state index >= 15 is 0 Å². The van der Waals surface area contributed by atoms with Crippen molar-refractivity contribution in [3.05, 3.63) is 29.8 Å². The predicted octanol–water partition coefficient (Wildman–Crippen LogP) is 0.448. The van der Waals surface area contributed by atoms with Gasteiger partial charge >= 0.3 is 0 Å². The van der Waals surface area contributed by atoms with E-state index in [1.807, 2.05) is 0 Å². The number of halogens is 1. The Kier molecular flexibility index (Phi) is 2.98. The molecule has 0 aliphatic heterocycles. The summed E-state index contributed by atoms with van der Waals surface area (Å²) in [6.07, 6.45) is 1.29. The van der Waals surface area contributed by atoms with Crippen molar-refractivity contribution >= 4 is 5.91 Å². The van der Waals surface area contributed by atoms with Crippen LogP contribution >= 0.6 is 0 Å². The maximum absolute atomic E-state index is 12.5. The van der Waals surface area contributed by atoms with Gasteiger partial charge in [0.25, 0.3) is 0 Å². The van der Waals surface area contributed by atoms with Crippen molar-refractivity contribution in [1.82, 2.24) is 4.98 Å². The second-order valence-electron chi connectivity index (χ2n) is 2.31. The zero-order valence-electron chi connectivity index (χ0n) is 6.75. The Morgan fingerprint density at radius 3 is 3.08 bits per heavy atom. The summed E-state index contributed by atoms with van der Waals surface area (Å²) >= 11 is 0. The second kappa shape index (κ2) is 4.21. The Balaban J connectivity index is 2.72. The average molecular weight is 178 g/mol. The number of pyridine rings is 1. The number of hydrogen-bond donors (Lipinski definition) is 1. The lowest BCUT2D eigenvalue weighted by Crippen LogP contribution is -2.08. The molecule has 1 heterocycles. The highest BCUT2D eigenvalue weighted by Crippen LogP contribution is 1.97. The van der Waals surface area contributed by atoms with Crippen LogP contribution in [0.25, 0.3) is 0 Å². The van der Waals surface area contributed by atoms with Gasteiger partial charge in [-0.25, -0.2) is 4.98 Å². The maximum atomic E-state index is 12.5. The molecule has 1 aromatic rings. The number of nitrogens with zero attached hydrogens (tertiary/aromatic N) is 1. The van der Waals surface area contributed by atoms with E-state index in [9.17, 15) is 9.18 Å². The number of amides is 1. The summed E-state index contributed by atoms with van der Waals surface area (Å²) in [6, 6.07) is 2.74. The molecule has 0 aliphatic rings. The first-order valence-electron chi connectivity index (χ1n) is 3.57. The molecule has 66 valence electrons. The molecule has 0 saturated heterocycles. The fourth-order valence-corrected chi connectivity index (χ4v) is 0.714. The van der Waals surface area contributed by atoms with E-state index in [0.29, 0.717) is 5.56 Å². The second-order valence-corrected chi connectivity index (χ2v) is 2.31. The van der Waals surface area contributed by atoms with E-state index in [2.05, 4.69) is 16.8 Å². The molecule has 4 heteroatoms. The van der Waals surface area contributed by atoms with E-state index in [4.69, 9.17) is 5.73 Å². The lowest BCUT2D eigenvalue weighted by molar-refractivity contribution is -0.117. The Morgan fingerprint density at radius 2 is 2.46 bits per heavy atom. The van der Waals surface area contributed by atoms with E-state index < -0.39 is 11.9 Å². The quantitative estimate of drug-likeness (QED) is 0.501. The van der Waals surface area contributed by atoms with Crippen molar-refractivity contribution in [2.75, 3.05) is 0 Å². The largest absolute Gasteiger partial charge is 0.369 e. The number of primary amides is 1. The van der Waals surface area contributed by atoms with Crippen molar-refractivity contribution < 1.29 is 9.18 Å². The molecule has 0 radical (unpaired) electrons. The van der Waals surface area contributed by atoms with Crippen LogP contribution in [-0.2, 0) is 4.79 Å². The first-order valence-corrected chi connectivity index (χ1v) is 3.57. The summed E-state index contributed by atoms with van der Waals surface area (Å²) < 4.78 is 12.5. The van der Waals surface area contributed by atoms with Gasteiger partial charge < -0.3 is 5.73 Å². The molecule has 0 aromatic carbocycles. The fraction of sp³-hybridized carbons (Fsp3) is 0.111. The van der Waals surface area contributed by atoms with Crippen molar-refractivity contribution in [3.8, 4) is 11.8 Å². The van der Waals surface area contributed by atoms with Gasteiger partial charge in [0, 0.05) is 17.8 Å². The van der Waals surface area contributed by atoms with E-state index in [1.54, 1.807) is 6.07 Å². The van der Waals surface area contributed by atoms with Crippen molar-refractivity contribution in [3.63, 3.8) is 0 Å². The van der Waals surface area contributed by atoms with Gasteiger partial charge in [-0.15, -0.1) is 0 Å². The summed E-state index contributed by atoms with van der Waals surface area (Å²) in [6.45, 7) is 0. The predicted molar refractivity (Wildman–Crippen MR) is 44.9 cm³/mol. The van der Waals surface area contributed by atoms with E-state index in [0.717, 1.165) is 0 Å². The van der Waals surface area contributed by atoms with Crippen LogP contribution in [0.4, 0.5) is 4.39 Å². The van der Waals surface area contributed by atoms with E-state index in [-0.39, 0.29) is 6.42 Å². The third-order valence-electron chi connectivity index (χ3n) is 1.22. The van der Waals surface area contributed by atoms with Crippen LogP contribution in [0.1, 0.15) is 12.0 Å². The molecule has 0 bridgehead atoms. The summed E-state index contributed by atoms with van der Waals surface area (Å²) in [4.78, 5) is 13.6. The minimum Gasteiger partial charge on any atom is -0.369 e. The van der Waals surface area contributed by atoms with Crippen LogP contribution in [0.15, 0.2) is 18.3 Å². The van der Waals surface area contributed by atoms with Gasteiger partial charge in [0.2, 0.25) is 11.9 Å². The third kappa shape index (κ3) is 3.34. The summed E-state index contributed by atoms with van der Waals surface area (Å²) in [5.41, 5.74) is 5.34. The van der Waals surface area contributed by atoms with Gasteiger partial charge in [-0.1, -0.05) is 11.8 Å². The van der Waals surface area contributed by atoms with E-state index in [1.165, 1.54) is 12.3 Å². The Labute approximate surface area is 74.8 Å². The number of nitrogens with two attached hydrogens (primary N) is 1. The molecule has 0 spiro atoms. The smallest absolute Gasteiger partial charge is 0.229 e. The van der Waals surface area contributed by atoms with Crippen LogP contribution < -0.4 is 5.73 Å². The van der Waals surface area contributed by atoms with Crippen molar-refractivity contribution in [2.24, 2.45) is 5.73 Å². The van der Waals surface area contributed by atoms with Crippen LogP contribution in [0, 0.1) is 17.8 Å². The molecular formula is C9H7FN2O. The minimum atomic E-state index is -0.592. The SMILES string of the molecule is NC(=O)CC#Cc1ccnc(F)c1. The molecule has 1 rings (SSSR count). The highest BCUT2D eigenvalue weighted by Gasteiger charge is 1.91. The van der Waals surface area contributed by atoms with Crippen LogP contribution in [-0.4, -0.2) is 10.9 Å². The van der Waals surface area contributed by atoms with Gasteiger partial charge in [-0.3, -0.25) is 4.79 Å². The molecule has 0 fully saturated rings. The van der Waals surface area contributed by atoms with Crippen molar-refractivity contribution in [1.29, 1.82) is 0 Å². The van der Waals surface area contributed by atoms with Crippen LogP contribution in [0.2, 0.25) is 0 Å². The lowest BCUT2D eigenvalue weighted by Gasteiger charge is -1.88. The molecule has 0 unspecified atom stereocenters. The van der Waals surface area contributed by atoms with Crippen LogP contribution in [0.3, 0.4) is 0 Å². The molecule has 0 saturated carbocycles. The zero-order valence-corrected chi connectivity index (χ0v) is 6.75. The summed E-state index contributed by atoms with van der Waals surface area (Å²) in [5, 5.41) is 0. The zero-order chi connectivity index (χ0) is 9.68. The highest BCUT2D eigenvalue weighted by atomic mass is 19.1. The van der Waals surface area contributed by atoms with Gasteiger partial charge in [-0.05, 0) is 6.07 Å². The highest BCUT2D eigenvalue weighted by molar-refractivity contribution is 5.76. The van der Waals surface area contributed by atoms with Gasteiger partial charge in [0.1, 0.15) is 0 Å². The number of carbonyl (C=O) groups excluding carboxylic acids is 1. The third-order valence-corrected chi connectivity index (χ3v) is 1.22. The number of carbonyl (C=O) groups is 1. The fourth-order valence-electron chi connectivity index (χ4n) is 0.714. The molecule has 0 aliphatic carbocycles. The minimum absolute atomic E-state index is 0.0239. The monoisotopic (exact) mass is 178 g/mol. The molecule has 2 N–H and O–H groups in total. The first kappa shape index (κ1) is 9.20. The van der Waals surface area contributed by atoms with Gasteiger partial charge in [-0.2, -0.15) is 4.39 Å². The van der Waals surface area contributed by atoms with Gasteiger partial charge in [0.05, 0.1) is 6.42 Å². The normalized spacial score (nSPS) is 8.69. The van der Waals surface area contributed by atoms with Crippen molar-refractivity contribution in [2.45, 2.75) is 6.42 Å². The summed E-state index contributed by atoms with van der Waals surface area (Å²) in [5.74, 6) is 4.01. The topological polar surface area (TPSA) is 56.0 Å².